The highest BCUT2D eigenvalue weighted by atomic mass is 16.5. The van der Waals surface area contributed by atoms with E-state index in [1.54, 1.807) is 11.8 Å². The zero-order chi connectivity index (χ0) is 12.0. The van der Waals surface area contributed by atoms with E-state index < -0.39 is 0 Å². The molecule has 1 aromatic rings. The lowest BCUT2D eigenvalue weighted by atomic mass is 10.2. The lowest BCUT2D eigenvalue weighted by Gasteiger charge is -2.14. The largest absolute Gasteiger partial charge is 0.383 e. The van der Waals surface area contributed by atoms with Crippen LogP contribution in [-0.4, -0.2) is 40.5 Å². The third-order valence-electron chi connectivity index (χ3n) is 2.29. The second-order valence-electron chi connectivity index (χ2n) is 4.28. The van der Waals surface area contributed by atoms with Crippen molar-refractivity contribution in [1.29, 1.82) is 0 Å². The van der Waals surface area contributed by atoms with Gasteiger partial charge in [-0.3, -0.25) is 0 Å². The summed E-state index contributed by atoms with van der Waals surface area (Å²) >= 11 is 0. The fourth-order valence-corrected chi connectivity index (χ4v) is 1.36. The number of tetrazole rings is 1. The molecule has 0 aromatic carbocycles. The Morgan fingerprint density at radius 2 is 2.12 bits per heavy atom. The first kappa shape index (κ1) is 13.1. The van der Waals surface area contributed by atoms with Crippen LogP contribution in [-0.2, 0) is 11.3 Å². The Labute approximate surface area is 96.4 Å². The van der Waals surface area contributed by atoms with E-state index in [0.29, 0.717) is 19.1 Å². The molecule has 1 atom stereocenters. The number of methoxy groups -OCH3 is 1. The molecule has 1 aromatic heterocycles. The second kappa shape index (κ2) is 6.55. The van der Waals surface area contributed by atoms with Crippen LogP contribution in [0.2, 0.25) is 0 Å². The van der Waals surface area contributed by atoms with Gasteiger partial charge in [-0.05, 0) is 29.8 Å². The average molecular weight is 227 g/mol. The number of hydrogen-bond donors (Lipinski definition) is 1. The number of ether oxygens (including phenoxy) is 1. The first-order valence-corrected chi connectivity index (χ1v) is 5.63. The first-order valence-electron chi connectivity index (χ1n) is 5.63. The zero-order valence-electron chi connectivity index (χ0n) is 10.5. The van der Waals surface area contributed by atoms with Crippen LogP contribution < -0.4 is 5.32 Å². The summed E-state index contributed by atoms with van der Waals surface area (Å²) in [6.07, 6.45) is 0. The van der Waals surface area contributed by atoms with Gasteiger partial charge in [-0.2, -0.15) is 0 Å². The van der Waals surface area contributed by atoms with E-state index in [9.17, 15) is 0 Å². The van der Waals surface area contributed by atoms with E-state index in [1.165, 1.54) is 0 Å². The minimum Gasteiger partial charge on any atom is -0.383 e. The van der Waals surface area contributed by atoms with Gasteiger partial charge in [0.05, 0.1) is 19.2 Å². The highest BCUT2D eigenvalue weighted by molar-refractivity contribution is 4.89. The Hall–Kier alpha value is -1.01. The van der Waals surface area contributed by atoms with Crippen molar-refractivity contribution in [3.05, 3.63) is 5.82 Å². The fourth-order valence-electron chi connectivity index (χ4n) is 1.36. The van der Waals surface area contributed by atoms with Gasteiger partial charge in [0.25, 0.3) is 0 Å². The molecule has 1 unspecified atom stereocenters. The van der Waals surface area contributed by atoms with E-state index in [1.807, 2.05) is 0 Å². The molecule has 0 aliphatic carbocycles. The Kier molecular flexibility index (Phi) is 5.34. The third kappa shape index (κ3) is 3.86. The maximum absolute atomic E-state index is 5.01. The summed E-state index contributed by atoms with van der Waals surface area (Å²) in [6, 6.07) is 0.161. The van der Waals surface area contributed by atoms with Gasteiger partial charge in [-0.15, -0.1) is 5.10 Å². The van der Waals surface area contributed by atoms with Gasteiger partial charge < -0.3 is 10.1 Å². The van der Waals surface area contributed by atoms with Gasteiger partial charge in [-0.25, -0.2) is 4.68 Å². The van der Waals surface area contributed by atoms with Gasteiger partial charge in [0.2, 0.25) is 0 Å². The summed E-state index contributed by atoms with van der Waals surface area (Å²) in [6.45, 7) is 8.68. The maximum Gasteiger partial charge on any atom is 0.168 e. The predicted octanol–water partition coefficient (Wildman–Crippen LogP) is 0.626. The van der Waals surface area contributed by atoms with Crippen molar-refractivity contribution in [3.63, 3.8) is 0 Å². The lowest BCUT2D eigenvalue weighted by molar-refractivity contribution is 0.181. The van der Waals surface area contributed by atoms with Crippen LogP contribution in [0.15, 0.2) is 0 Å². The molecule has 0 aliphatic heterocycles. The Balaban J connectivity index is 2.53. The minimum atomic E-state index is 0.161. The maximum atomic E-state index is 5.01. The zero-order valence-corrected chi connectivity index (χ0v) is 10.5. The molecule has 0 saturated carbocycles. The summed E-state index contributed by atoms with van der Waals surface area (Å²) in [5, 5.41) is 15.1. The third-order valence-corrected chi connectivity index (χ3v) is 2.29. The smallest absolute Gasteiger partial charge is 0.168 e. The van der Waals surface area contributed by atoms with Crippen molar-refractivity contribution in [1.82, 2.24) is 25.5 Å². The minimum absolute atomic E-state index is 0.161. The van der Waals surface area contributed by atoms with Crippen LogP contribution in [0.3, 0.4) is 0 Å². The standard InChI is InChI=1S/C10H21N5O/c1-8(2)7-11-9(3)10-12-13-14-15(10)5-6-16-4/h8-9,11H,5-7H2,1-4H3. The molecule has 0 spiro atoms. The fraction of sp³-hybridized carbons (Fsp3) is 0.900. The summed E-state index contributed by atoms with van der Waals surface area (Å²) in [5.41, 5.74) is 0. The van der Waals surface area contributed by atoms with Crippen molar-refractivity contribution >= 4 is 0 Å². The quantitative estimate of drug-likeness (QED) is 0.740. The molecule has 6 nitrogen and oxygen atoms in total. The van der Waals surface area contributed by atoms with Crippen LogP contribution in [0.25, 0.3) is 0 Å². The first-order chi connectivity index (χ1) is 7.65. The normalized spacial score (nSPS) is 13.3. The Morgan fingerprint density at radius 1 is 1.38 bits per heavy atom. The van der Waals surface area contributed by atoms with Gasteiger partial charge in [0.15, 0.2) is 5.82 Å². The van der Waals surface area contributed by atoms with E-state index in [4.69, 9.17) is 4.74 Å². The van der Waals surface area contributed by atoms with Gasteiger partial charge in [0, 0.05) is 7.11 Å². The lowest BCUT2D eigenvalue weighted by Crippen LogP contribution is -2.26. The SMILES string of the molecule is COCCn1nnnc1C(C)NCC(C)C. The van der Waals surface area contributed by atoms with Crippen molar-refractivity contribution in [2.75, 3.05) is 20.3 Å². The van der Waals surface area contributed by atoms with Crippen molar-refractivity contribution < 1.29 is 4.74 Å². The van der Waals surface area contributed by atoms with E-state index in [0.717, 1.165) is 12.4 Å². The van der Waals surface area contributed by atoms with Crippen molar-refractivity contribution in [2.24, 2.45) is 5.92 Å². The van der Waals surface area contributed by atoms with Gasteiger partial charge in [0.1, 0.15) is 0 Å². The molecule has 0 bridgehead atoms. The molecule has 0 saturated heterocycles. The highest BCUT2D eigenvalue weighted by Crippen LogP contribution is 2.07. The number of nitrogens with zero attached hydrogens (tertiary/aromatic N) is 4. The Bertz CT molecular complexity index is 299. The van der Waals surface area contributed by atoms with E-state index in [-0.39, 0.29) is 6.04 Å². The molecular weight excluding hydrogens is 206 g/mol. The van der Waals surface area contributed by atoms with Crippen LogP contribution in [0.1, 0.15) is 32.6 Å². The molecule has 1 N–H and O–H groups in total. The summed E-state index contributed by atoms with van der Waals surface area (Å²) in [4.78, 5) is 0. The van der Waals surface area contributed by atoms with Crippen LogP contribution in [0.4, 0.5) is 0 Å². The predicted molar refractivity (Wildman–Crippen MR) is 60.9 cm³/mol. The van der Waals surface area contributed by atoms with Crippen LogP contribution in [0, 0.1) is 5.92 Å². The van der Waals surface area contributed by atoms with Crippen LogP contribution in [0.5, 0.6) is 0 Å². The number of nitrogens with one attached hydrogen (secondary N) is 1. The summed E-state index contributed by atoms with van der Waals surface area (Å²) < 4.78 is 6.79. The molecule has 16 heavy (non-hydrogen) atoms. The van der Waals surface area contributed by atoms with Crippen LogP contribution >= 0.6 is 0 Å². The highest BCUT2D eigenvalue weighted by Gasteiger charge is 2.13. The molecule has 0 amide bonds. The van der Waals surface area contributed by atoms with Gasteiger partial charge >= 0.3 is 0 Å². The van der Waals surface area contributed by atoms with Crippen molar-refractivity contribution in [3.8, 4) is 0 Å². The number of rotatable bonds is 7. The monoisotopic (exact) mass is 227 g/mol. The van der Waals surface area contributed by atoms with E-state index >= 15 is 0 Å². The van der Waals surface area contributed by atoms with Crippen molar-refractivity contribution in [2.45, 2.75) is 33.4 Å². The molecule has 0 fully saturated rings. The molecule has 0 aliphatic rings. The average Bonchev–Trinajstić information content (AvgIpc) is 2.71. The molecule has 0 radical (unpaired) electrons. The number of aromatic nitrogens is 4. The molecular formula is C10H21N5O. The molecule has 1 heterocycles. The van der Waals surface area contributed by atoms with E-state index in [2.05, 4.69) is 41.6 Å². The number of hydrogen-bond acceptors (Lipinski definition) is 5. The molecule has 92 valence electrons. The molecule has 6 heteroatoms. The summed E-state index contributed by atoms with van der Waals surface area (Å²) in [5.74, 6) is 1.48. The second-order valence-corrected chi connectivity index (χ2v) is 4.28. The summed E-state index contributed by atoms with van der Waals surface area (Å²) in [7, 11) is 1.67. The molecule has 1 rings (SSSR count). The Morgan fingerprint density at radius 3 is 2.75 bits per heavy atom. The topological polar surface area (TPSA) is 64.9 Å². The van der Waals surface area contributed by atoms with Gasteiger partial charge in [-0.1, -0.05) is 13.8 Å².